The van der Waals surface area contributed by atoms with Crippen molar-refractivity contribution in [3.05, 3.63) is 12.7 Å². The topological polar surface area (TPSA) is 49.3 Å². The maximum atomic E-state index is 10.8. The van der Waals surface area contributed by atoms with Crippen LogP contribution in [0, 0.1) is 5.41 Å². The Bertz CT molecular complexity index is 176. The average molecular weight is 192 g/mol. The second kappa shape index (κ2) is 4.48. The molecule has 1 fully saturated rings. The summed E-state index contributed by atoms with van der Waals surface area (Å²) in [7, 11) is 0. The Hall–Kier alpha value is -0.540. The smallest absolute Gasteiger partial charge is 0.313 e. The van der Waals surface area contributed by atoms with Crippen LogP contribution in [0.4, 0.5) is 0 Å². The normalized spacial score (nSPS) is 20.7. The Morgan fingerprint density at radius 1 is 1.50 bits per heavy atom. The van der Waals surface area contributed by atoms with Crippen molar-refractivity contribution in [1.29, 1.82) is 0 Å². The van der Waals surface area contributed by atoms with Crippen LogP contribution in [-0.4, -0.2) is 24.2 Å². The van der Waals surface area contributed by atoms with Gasteiger partial charge in [-0.05, 0) is 25.9 Å². The molecule has 0 aromatic carbocycles. The van der Waals surface area contributed by atoms with Gasteiger partial charge in [-0.2, -0.15) is 0 Å². The lowest BCUT2D eigenvalue weighted by atomic mass is 9.79. The molecule has 4 heteroatoms. The van der Waals surface area contributed by atoms with Crippen molar-refractivity contribution in [3.63, 3.8) is 0 Å². The summed E-state index contributed by atoms with van der Waals surface area (Å²) in [5.74, 6) is -0.742. The Balaban J connectivity index is 0.00000121. The number of hydrogen-bond donors (Lipinski definition) is 2. The summed E-state index contributed by atoms with van der Waals surface area (Å²) in [6.07, 6.45) is 2.88. The van der Waals surface area contributed by atoms with Gasteiger partial charge in [0.15, 0.2) is 0 Å². The molecule has 1 aliphatic heterocycles. The third-order valence-corrected chi connectivity index (χ3v) is 2.31. The first-order valence-electron chi connectivity index (χ1n) is 3.79. The van der Waals surface area contributed by atoms with Gasteiger partial charge in [-0.25, -0.2) is 0 Å². The second-order valence-corrected chi connectivity index (χ2v) is 2.92. The molecule has 0 saturated carbocycles. The van der Waals surface area contributed by atoms with Crippen LogP contribution in [0.15, 0.2) is 12.7 Å². The van der Waals surface area contributed by atoms with Gasteiger partial charge < -0.3 is 10.4 Å². The molecule has 2 N–H and O–H groups in total. The van der Waals surface area contributed by atoms with E-state index in [9.17, 15) is 4.79 Å². The summed E-state index contributed by atoms with van der Waals surface area (Å²) >= 11 is 0. The lowest BCUT2D eigenvalue weighted by molar-refractivity contribution is -0.147. The first kappa shape index (κ1) is 11.5. The zero-order chi connectivity index (χ0) is 8.32. The molecule has 0 amide bonds. The zero-order valence-electron chi connectivity index (χ0n) is 6.88. The number of piperidine rings is 1. The minimum atomic E-state index is -0.742. The number of halogens is 1. The number of carboxylic acids is 1. The van der Waals surface area contributed by atoms with Crippen LogP contribution in [0.25, 0.3) is 0 Å². The van der Waals surface area contributed by atoms with Crippen LogP contribution < -0.4 is 5.32 Å². The first-order valence-corrected chi connectivity index (χ1v) is 3.79. The molecule has 0 aromatic heterocycles. The van der Waals surface area contributed by atoms with E-state index in [1.807, 2.05) is 0 Å². The van der Waals surface area contributed by atoms with Crippen molar-refractivity contribution in [3.8, 4) is 0 Å². The van der Waals surface area contributed by atoms with Crippen molar-refractivity contribution in [2.24, 2.45) is 5.41 Å². The van der Waals surface area contributed by atoms with Crippen LogP contribution in [0.1, 0.15) is 12.8 Å². The highest BCUT2D eigenvalue weighted by Crippen LogP contribution is 2.29. The lowest BCUT2D eigenvalue weighted by Crippen LogP contribution is -2.40. The molecule has 1 saturated heterocycles. The van der Waals surface area contributed by atoms with Gasteiger partial charge in [0.25, 0.3) is 0 Å². The van der Waals surface area contributed by atoms with Crippen molar-refractivity contribution in [2.45, 2.75) is 12.8 Å². The predicted molar refractivity (Wildman–Crippen MR) is 49.6 cm³/mol. The fraction of sp³-hybridized carbons (Fsp3) is 0.625. The molecule has 0 atom stereocenters. The van der Waals surface area contributed by atoms with Gasteiger partial charge in [-0.15, -0.1) is 19.0 Å². The number of rotatable bonds is 2. The third-order valence-electron chi connectivity index (χ3n) is 2.31. The summed E-state index contributed by atoms with van der Waals surface area (Å²) in [6, 6.07) is 0. The van der Waals surface area contributed by atoms with Crippen LogP contribution in [-0.2, 0) is 4.79 Å². The second-order valence-electron chi connectivity index (χ2n) is 2.92. The fourth-order valence-electron chi connectivity index (χ4n) is 1.38. The minimum absolute atomic E-state index is 0. The minimum Gasteiger partial charge on any atom is -0.481 e. The van der Waals surface area contributed by atoms with Gasteiger partial charge >= 0.3 is 5.97 Å². The number of carbonyl (C=O) groups is 1. The van der Waals surface area contributed by atoms with E-state index in [-0.39, 0.29) is 12.4 Å². The van der Waals surface area contributed by atoms with Crippen LogP contribution in [0.3, 0.4) is 0 Å². The predicted octanol–water partition coefficient (Wildman–Crippen LogP) is 1.05. The molecule has 0 aromatic rings. The van der Waals surface area contributed by atoms with Gasteiger partial charge in [0.2, 0.25) is 0 Å². The van der Waals surface area contributed by atoms with Crippen molar-refractivity contribution < 1.29 is 9.90 Å². The molecular weight excluding hydrogens is 178 g/mol. The van der Waals surface area contributed by atoms with Crippen LogP contribution in [0.5, 0.6) is 0 Å². The molecule has 0 unspecified atom stereocenters. The van der Waals surface area contributed by atoms with Gasteiger partial charge in [0, 0.05) is 0 Å². The summed E-state index contributed by atoms with van der Waals surface area (Å²) in [4.78, 5) is 10.8. The van der Waals surface area contributed by atoms with E-state index in [0.29, 0.717) is 12.8 Å². The van der Waals surface area contributed by atoms with E-state index in [1.54, 1.807) is 6.08 Å². The summed E-state index contributed by atoms with van der Waals surface area (Å²) in [5, 5.41) is 12.0. The maximum Gasteiger partial charge on any atom is 0.313 e. The van der Waals surface area contributed by atoms with E-state index in [2.05, 4.69) is 11.9 Å². The molecule has 1 heterocycles. The molecule has 0 spiro atoms. The highest BCUT2D eigenvalue weighted by molar-refractivity contribution is 5.85. The van der Waals surface area contributed by atoms with Crippen LogP contribution >= 0.6 is 12.4 Å². The molecule has 0 radical (unpaired) electrons. The molecular formula is C8H14ClNO2. The monoisotopic (exact) mass is 191 g/mol. The molecule has 0 bridgehead atoms. The molecule has 70 valence electrons. The zero-order valence-corrected chi connectivity index (χ0v) is 7.69. The molecule has 12 heavy (non-hydrogen) atoms. The summed E-state index contributed by atoms with van der Waals surface area (Å²) in [6.45, 7) is 5.12. The largest absolute Gasteiger partial charge is 0.481 e. The van der Waals surface area contributed by atoms with E-state index in [1.165, 1.54) is 0 Å². The Morgan fingerprint density at radius 3 is 2.25 bits per heavy atom. The summed E-state index contributed by atoms with van der Waals surface area (Å²) < 4.78 is 0. The van der Waals surface area contributed by atoms with E-state index in [4.69, 9.17) is 5.11 Å². The number of hydrogen-bond acceptors (Lipinski definition) is 2. The van der Waals surface area contributed by atoms with Gasteiger partial charge in [0.1, 0.15) is 0 Å². The van der Waals surface area contributed by atoms with E-state index < -0.39 is 11.4 Å². The standard InChI is InChI=1S/C8H13NO2.ClH/c1-2-8(7(10)11)3-5-9-6-4-8;/h2,9H,1,3-6H2,(H,10,11);1H. The average Bonchev–Trinajstić information content (AvgIpc) is 2.05. The molecule has 1 aliphatic rings. The Kier molecular flexibility index (Phi) is 4.28. The fourth-order valence-corrected chi connectivity index (χ4v) is 1.38. The van der Waals surface area contributed by atoms with E-state index in [0.717, 1.165) is 13.1 Å². The van der Waals surface area contributed by atoms with Gasteiger partial charge in [-0.1, -0.05) is 6.08 Å². The van der Waals surface area contributed by atoms with E-state index >= 15 is 0 Å². The van der Waals surface area contributed by atoms with Gasteiger partial charge in [-0.3, -0.25) is 4.79 Å². The van der Waals surface area contributed by atoms with Crippen LogP contribution in [0.2, 0.25) is 0 Å². The number of aliphatic carboxylic acids is 1. The van der Waals surface area contributed by atoms with Gasteiger partial charge in [0.05, 0.1) is 5.41 Å². The highest BCUT2D eigenvalue weighted by atomic mass is 35.5. The highest BCUT2D eigenvalue weighted by Gasteiger charge is 2.36. The third kappa shape index (κ3) is 1.99. The number of carboxylic acid groups (broad SMARTS) is 1. The van der Waals surface area contributed by atoms with Crippen molar-refractivity contribution >= 4 is 18.4 Å². The quantitative estimate of drug-likeness (QED) is 0.642. The molecule has 0 aliphatic carbocycles. The SMILES string of the molecule is C=CC1(C(=O)O)CCNCC1.Cl. The summed E-state index contributed by atoms with van der Waals surface area (Å²) in [5.41, 5.74) is -0.661. The van der Waals surface area contributed by atoms with Crippen molar-refractivity contribution in [2.75, 3.05) is 13.1 Å². The first-order chi connectivity index (χ1) is 5.21. The number of nitrogens with one attached hydrogen (secondary N) is 1. The Labute approximate surface area is 78.3 Å². The van der Waals surface area contributed by atoms with Crippen molar-refractivity contribution in [1.82, 2.24) is 5.32 Å². The molecule has 3 nitrogen and oxygen atoms in total. The lowest BCUT2D eigenvalue weighted by Gasteiger charge is -2.30. The maximum absolute atomic E-state index is 10.8. The Morgan fingerprint density at radius 2 is 2.00 bits per heavy atom. The molecule has 1 rings (SSSR count).